The van der Waals surface area contributed by atoms with E-state index in [0.29, 0.717) is 17.8 Å². The van der Waals surface area contributed by atoms with Crippen LogP contribution in [0, 0.1) is 5.82 Å². The van der Waals surface area contributed by atoms with Gasteiger partial charge < -0.3 is 9.84 Å². The number of Topliss-reactive ketones (excluding diaryl/α,β-unsaturated/α-hetero) is 1. The fraction of sp³-hybridized carbons (Fsp3) is 0.429. The van der Waals surface area contributed by atoms with Gasteiger partial charge in [-0.2, -0.15) is 13.2 Å². The van der Waals surface area contributed by atoms with E-state index in [1.807, 2.05) is 0 Å². The number of rotatable bonds is 9. The number of ketones is 1. The van der Waals surface area contributed by atoms with E-state index in [1.54, 1.807) is 0 Å². The van der Waals surface area contributed by atoms with Gasteiger partial charge in [0.25, 0.3) is 5.56 Å². The molecular formula is C21H21ClF4N2O6S. The van der Waals surface area contributed by atoms with Gasteiger partial charge in [-0.15, -0.1) is 11.8 Å². The zero-order valence-corrected chi connectivity index (χ0v) is 20.5. The number of thioether (sulfide) groups is 1. The molecule has 8 nitrogen and oxygen atoms in total. The highest BCUT2D eigenvalue weighted by Gasteiger charge is 2.39. The Labute approximate surface area is 205 Å². The number of hydrogen-bond acceptors (Lipinski definition) is 6. The molecule has 1 heterocycles. The molecule has 1 aromatic heterocycles. The van der Waals surface area contributed by atoms with Gasteiger partial charge in [0.2, 0.25) is 0 Å². The van der Waals surface area contributed by atoms with Crippen LogP contribution in [-0.4, -0.2) is 44.5 Å². The number of methoxy groups -OCH3 is 1. The zero-order chi connectivity index (χ0) is 26.8. The first-order chi connectivity index (χ1) is 16.2. The van der Waals surface area contributed by atoms with Crippen molar-refractivity contribution >= 4 is 35.1 Å². The van der Waals surface area contributed by atoms with Crippen LogP contribution >= 0.6 is 23.4 Å². The Morgan fingerprint density at radius 2 is 1.83 bits per heavy atom. The number of aromatic nitrogens is 2. The van der Waals surface area contributed by atoms with Crippen LogP contribution in [0.15, 0.2) is 26.6 Å². The van der Waals surface area contributed by atoms with Gasteiger partial charge in [-0.3, -0.25) is 19.0 Å². The van der Waals surface area contributed by atoms with Gasteiger partial charge in [0.15, 0.2) is 5.78 Å². The summed E-state index contributed by atoms with van der Waals surface area (Å²) in [6.45, 7) is 2.77. The van der Waals surface area contributed by atoms with Crippen molar-refractivity contribution in [1.29, 1.82) is 0 Å². The second kappa shape index (κ2) is 11.0. The molecule has 0 spiro atoms. The van der Waals surface area contributed by atoms with Crippen molar-refractivity contribution in [1.82, 2.24) is 9.13 Å². The highest BCUT2D eigenvalue weighted by atomic mass is 35.5. The lowest BCUT2D eigenvalue weighted by Crippen LogP contribution is -2.44. The molecule has 1 N–H and O–H groups in total. The van der Waals surface area contributed by atoms with Crippen molar-refractivity contribution in [3.8, 4) is 5.69 Å². The maximum atomic E-state index is 14.9. The molecule has 35 heavy (non-hydrogen) atoms. The standard InChI is InChI=1S/C21H21ClF4N2O6S/c1-5-9-17(21(24,25)26)27(3)20(33)28(18(9)30)12-8-14(10(22)7-11(12)23)35-16(19(31)32)15(34-4)13(29)6-2/h7-8,15-16H,5-6H2,1-4H3,(H,31,32). The number of hydrogen-bond donors (Lipinski definition) is 1. The summed E-state index contributed by atoms with van der Waals surface area (Å²) < 4.78 is 60.8. The number of aliphatic carboxylic acids is 1. The second-order valence-electron chi connectivity index (χ2n) is 7.25. The molecule has 2 atom stereocenters. The lowest BCUT2D eigenvalue weighted by atomic mass is 10.1. The van der Waals surface area contributed by atoms with E-state index in [1.165, 1.54) is 13.8 Å². The van der Waals surface area contributed by atoms with E-state index < -0.39 is 69.7 Å². The first-order valence-electron chi connectivity index (χ1n) is 10.1. The topological polar surface area (TPSA) is 108 Å². The molecule has 0 aliphatic rings. The third-order valence-electron chi connectivity index (χ3n) is 5.12. The van der Waals surface area contributed by atoms with Gasteiger partial charge in [-0.25, -0.2) is 13.8 Å². The van der Waals surface area contributed by atoms with Crippen molar-refractivity contribution in [2.45, 2.75) is 49.1 Å². The Morgan fingerprint density at radius 1 is 1.23 bits per heavy atom. The highest BCUT2D eigenvalue weighted by molar-refractivity contribution is 8.00. The van der Waals surface area contributed by atoms with E-state index >= 15 is 0 Å². The number of halogens is 5. The largest absolute Gasteiger partial charge is 0.480 e. The summed E-state index contributed by atoms with van der Waals surface area (Å²) >= 11 is 6.56. The van der Waals surface area contributed by atoms with Gasteiger partial charge >= 0.3 is 17.8 Å². The van der Waals surface area contributed by atoms with E-state index in [0.717, 1.165) is 20.2 Å². The van der Waals surface area contributed by atoms with E-state index in [9.17, 15) is 41.8 Å². The lowest BCUT2D eigenvalue weighted by Gasteiger charge is -2.22. The number of carboxylic acid groups (broad SMARTS) is 1. The number of carbonyl (C=O) groups is 2. The highest BCUT2D eigenvalue weighted by Crippen LogP contribution is 2.36. The molecular weight excluding hydrogens is 520 g/mol. The molecule has 2 rings (SSSR count). The van der Waals surface area contributed by atoms with Gasteiger partial charge in [0, 0.05) is 31.0 Å². The molecule has 192 valence electrons. The molecule has 0 radical (unpaired) electrons. The molecule has 0 saturated carbocycles. The first-order valence-corrected chi connectivity index (χ1v) is 11.3. The third kappa shape index (κ3) is 5.62. The fourth-order valence-electron chi connectivity index (χ4n) is 3.45. The van der Waals surface area contributed by atoms with Crippen LogP contribution in [0.25, 0.3) is 5.69 Å². The zero-order valence-electron chi connectivity index (χ0n) is 18.9. The van der Waals surface area contributed by atoms with Gasteiger partial charge in [0.05, 0.1) is 10.7 Å². The molecule has 0 aliphatic heterocycles. The minimum atomic E-state index is -5.02. The molecule has 0 fully saturated rings. The average molecular weight is 541 g/mol. The predicted molar refractivity (Wildman–Crippen MR) is 120 cm³/mol. The molecule has 14 heteroatoms. The van der Waals surface area contributed by atoms with Crippen molar-refractivity contribution < 1.29 is 37.0 Å². The molecule has 0 aliphatic carbocycles. The quantitative estimate of drug-likeness (QED) is 0.383. The first kappa shape index (κ1) is 28.6. The maximum Gasteiger partial charge on any atom is 0.432 e. The van der Waals surface area contributed by atoms with Gasteiger partial charge in [0.1, 0.15) is 22.9 Å². The van der Waals surface area contributed by atoms with Crippen molar-refractivity contribution in [3.63, 3.8) is 0 Å². The van der Waals surface area contributed by atoms with Crippen molar-refractivity contribution in [2.75, 3.05) is 7.11 Å². The van der Waals surface area contributed by atoms with Crippen LogP contribution in [0.1, 0.15) is 31.5 Å². The molecule has 2 unspecified atom stereocenters. The molecule has 1 aromatic carbocycles. The Bertz CT molecular complexity index is 1270. The molecule has 0 bridgehead atoms. The minimum absolute atomic E-state index is 0.0397. The Morgan fingerprint density at radius 3 is 2.29 bits per heavy atom. The van der Waals surface area contributed by atoms with Gasteiger partial charge in [-0.05, 0) is 18.6 Å². The number of ether oxygens (including phenoxy) is 1. The monoisotopic (exact) mass is 540 g/mol. The van der Waals surface area contributed by atoms with Crippen molar-refractivity contribution in [3.05, 3.63) is 55.1 Å². The van der Waals surface area contributed by atoms with Crippen LogP contribution < -0.4 is 11.2 Å². The number of carbonyl (C=O) groups excluding carboxylic acids is 1. The summed E-state index contributed by atoms with van der Waals surface area (Å²) in [4.78, 5) is 49.5. The lowest BCUT2D eigenvalue weighted by molar-refractivity contribution is -0.144. The number of alkyl halides is 3. The van der Waals surface area contributed by atoms with Crippen molar-refractivity contribution in [2.24, 2.45) is 7.05 Å². The summed E-state index contributed by atoms with van der Waals surface area (Å²) in [5, 5.41) is 7.78. The summed E-state index contributed by atoms with van der Waals surface area (Å²) in [5.41, 5.74) is -5.80. The van der Waals surface area contributed by atoms with E-state index in [4.69, 9.17) is 16.3 Å². The normalized spacial score (nSPS) is 13.5. The Hall–Kier alpha value is -2.64. The number of nitrogens with zero attached hydrogens (tertiary/aromatic N) is 2. The van der Waals surface area contributed by atoms with E-state index in [2.05, 4.69) is 0 Å². The van der Waals surface area contributed by atoms with Crippen LogP contribution in [0.4, 0.5) is 17.6 Å². The molecule has 0 amide bonds. The van der Waals surface area contributed by atoms with Crippen LogP contribution in [0.3, 0.4) is 0 Å². The van der Waals surface area contributed by atoms with Gasteiger partial charge in [-0.1, -0.05) is 25.4 Å². The number of carboxylic acids is 1. The predicted octanol–water partition coefficient (Wildman–Crippen LogP) is 3.45. The van der Waals surface area contributed by atoms with Crippen LogP contribution in [0.5, 0.6) is 0 Å². The Balaban J connectivity index is 2.80. The summed E-state index contributed by atoms with van der Waals surface area (Å²) in [6, 6.07) is 1.56. The maximum absolute atomic E-state index is 14.9. The average Bonchev–Trinajstić information content (AvgIpc) is 2.77. The summed E-state index contributed by atoms with van der Waals surface area (Å²) in [5.74, 6) is -3.20. The Kier molecular flexibility index (Phi) is 8.95. The fourth-order valence-corrected chi connectivity index (χ4v) is 4.84. The second-order valence-corrected chi connectivity index (χ2v) is 8.84. The molecule has 2 aromatic rings. The number of benzene rings is 1. The summed E-state index contributed by atoms with van der Waals surface area (Å²) in [7, 11) is 1.92. The van der Waals surface area contributed by atoms with Crippen LogP contribution in [0.2, 0.25) is 5.02 Å². The smallest absolute Gasteiger partial charge is 0.432 e. The molecule has 0 saturated heterocycles. The third-order valence-corrected chi connectivity index (χ3v) is 6.84. The summed E-state index contributed by atoms with van der Waals surface area (Å²) in [6.07, 6.45) is -6.87. The van der Waals surface area contributed by atoms with Crippen LogP contribution in [-0.2, 0) is 34.0 Å². The van der Waals surface area contributed by atoms with E-state index in [-0.39, 0.29) is 25.5 Å². The SMILES string of the molecule is CCC(=O)C(OC)C(Sc1cc(-n2c(=O)c(CC)c(C(F)(F)F)n(C)c2=O)c(F)cc1Cl)C(=O)O. The minimum Gasteiger partial charge on any atom is -0.480 e.